The van der Waals surface area contributed by atoms with E-state index in [2.05, 4.69) is 4.99 Å². The van der Waals surface area contributed by atoms with E-state index in [1.54, 1.807) is 0 Å². The van der Waals surface area contributed by atoms with Crippen LogP contribution in [0.4, 0.5) is 0 Å². The highest BCUT2D eigenvalue weighted by Crippen LogP contribution is 2.32. The molecule has 8 nitrogen and oxygen atoms in total. The lowest BCUT2D eigenvalue weighted by atomic mass is 9.93. The fourth-order valence-corrected chi connectivity index (χ4v) is 2.92. The smallest absolute Gasteiger partial charge is 0.355 e. The number of rotatable bonds is 7. The number of carbonyl (C=O) groups excluding carboxylic acids is 1. The zero-order chi connectivity index (χ0) is 16.0. The van der Waals surface area contributed by atoms with E-state index in [9.17, 15) is 14.7 Å². The Morgan fingerprint density at radius 2 is 2.33 bits per heavy atom. The number of aliphatic hydroxyl groups excluding tert-OH is 1. The summed E-state index contributed by atoms with van der Waals surface area (Å²) in [5.74, 6) is -2.63. The molecule has 0 aliphatic carbocycles. The van der Waals surface area contributed by atoms with Crippen molar-refractivity contribution < 1.29 is 24.5 Å². The first-order chi connectivity index (χ1) is 9.88. The number of hydrogen-bond acceptors (Lipinski definition) is 7. The first kappa shape index (κ1) is 17.3. The summed E-state index contributed by atoms with van der Waals surface area (Å²) in [5, 5.41) is 18.7. The summed E-state index contributed by atoms with van der Waals surface area (Å²) in [6.45, 7) is 1.80. The number of aliphatic imine (C=N–C) groups is 1. The van der Waals surface area contributed by atoms with Crippen LogP contribution >= 0.6 is 11.8 Å². The fraction of sp³-hybridized carbons (Fsp3) is 0.583. The van der Waals surface area contributed by atoms with Gasteiger partial charge in [0.05, 0.1) is 19.0 Å². The van der Waals surface area contributed by atoms with Crippen molar-refractivity contribution in [3.63, 3.8) is 0 Å². The van der Waals surface area contributed by atoms with Crippen molar-refractivity contribution in [3.8, 4) is 0 Å². The molecule has 0 aromatic heterocycles. The predicted molar refractivity (Wildman–Crippen MR) is 78.5 cm³/mol. The minimum atomic E-state index is -1.22. The number of nitrogens with two attached hydrogens (primary N) is 2. The molecule has 0 saturated carbocycles. The molecule has 9 heteroatoms. The average molecular weight is 317 g/mol. The third kappa shape index (κ3) is 4.64. The molecular formula is C12H19N3O5S. The number of carboxylic acid groups (broad SMARTS) is 1. The normalized spacial score (nSPS) is 22.2. The van der Waals surface area contributed by atoms with Crippen LogP contribution in [0.25, 0.3) is 0 Å². The highest BCUT2D eigenvalue weighted by atomic mass is 32.2. The van der Waals surface area contributed by atoms with E-state index in [1.165, 1.54) is 25.0 Å². The Kier molecular flexibility index (Phi) is 6.50. The first-order valence-corrected chi connectivity index (χ1v) is 7.30. The summed E-state index contributed by atoms with van der Waals surface area (Å²) in [7, 11) is 0. The van der Waals surface area contributed by atoms with E-state index in [-0.39, 0.29) is 12.1 Å². The third-order valence-electron chi connectivity index (χ3n) is 2.97. The molecule has 1 heterocycles. The van der Waals surface area contributed by atoms with Gasteiger partial charge in [-0.25, -0.2) is 4.79 Å². The average Bonchev–Trinajstić information content (AvgIpc) is 2.39. The summed E-state index contributed by atoms with van der Waals surface area (Å²) in [6.07, 6.45) is -0.740. The molecule has 0 fully saturated rings. The second-order valence-corrected chi connectivity index (χ2v) is 5.68. The van der Waals surface area contributed by atoms with Crippen molar-refractivity contribution in [1.82, 2.24) is 0 Å². The number of aliphatic hydroxyl groups is 1. The number of thioether (sulfide) groups is 1. The largest absolute Gasteiger partial charge is 0.481 e. The zero-order valence-corrected chi connectivity index (χ0v) is 12.4. The Labute approximate surface area is 126 Å². The van der Waals surface area contributed by atoms with Gasteiger partial charge in [-0.2, -0.15) is 0 Å². The molecule has 0 amide bonds. The summed E-state index contributed by atoms with van der Waals surface area (Å²) < 4.78 is 5.02. The van der Waals surface area contributed by atoms with Crippen LogP contribution in [-0.2, 0) is 14.3 Å². The fourth-order valence-electron chi connectivity index (χ4n) is 1.96. The van der Waals surface area contributed by atoms with Crippen molar-refractivity contribution in [2.45, 2.75) is 25.6 Å². The molecule has 21 heavy (non-hydrogen) atoms. The second-order valence-electron chi connectivity index (χ2n) is 4.49. The summed E-state index contributed by atoms with van der Waals surface area (Å²) in [5.41, 5.74) is 10.8. The van der Waals surface area contributed by atoms with Crippen LogP contribution in [0.2, 0.25) is 0 Å². The Balaban J connectivity index is 2.81. The van der Waals surface area contributed by atoms with Crippen LogP contribution in [0.3, 0.4) is 0 Å². The van der Waals surface area contributed by atoms with Gasteiger partial charge in [0, 0.05) is 17.1 Å². The second kappa shape index (κ2) is 7.89. The Bertz CT molecular complexity index is 464. The lowest BCUT2D eigenvalue weighted by Crippen LogP contribution is -2.42. The standard InChI is InChI=1S/C12H19N3O5S/c1-6(16)9(11(17)18)7-4-8(10(14)12(19)20-7)21-3-2-15-5-13/h5-7,9,16H,2-4,14H2,1H3,(H2,13,15)(H,17,18)/t6?,7-,9?/m1/s1. The molecule has 1 aliphatic rings. The van der Waals surface area contributed by atoms with Crippen LogP contribution < -0.4 is 11.5 Å². The first-order valence-electron chi connectivity index (χ1n) is 6.31. The van der Waals surface area contributed by atoms with Crippen molar-refractivity contribution >= 4 is 30.0 Å². The molecular weight excluding hydrogens is 298 g/mol. The minimum Gasteiger partial charge on any atom is -0.481 e. The van der Waals surface area contributed by atoms with Gasteiger partial charge in [0.1, 0.15) is 17.7 Å². The Hall–Kier alpha value is -1.74. The topological polar surface area (TPSA) is 148 Å². The van der Waals surface area contributed by atoms with E-state index < -0.39 is 30.1 Å². The van der Waals surface area contributed by atoms with Crippen molar-refractivity contribution in [1.29, 1.82) is 0 Å². The van der Waals surface area contributed by atoms with E-state index in [0.717, 1.165) is 0 Å². The van der Waals surface area contributed by atoms with E-state index in [4.69, 9.17) is 21.3 Å². The number of cyclic esters (lactones) is 1. The van der Waals surface area contributed by atoms with E-state index >= 15 is 0 Å². The Morgan fingerprint density at radius 1 is 1.67 bits per heavy atom. The molecule has 0 radical (unpaired) electrons. The maximum atomic E-state index is 11.7. The Morgan fingerprint density at radius 3 is 2.86 bits per heavy atom. The van der Waals surface area contributed by atoms with Gasteiger partial charge in [0.15, 0.2) is 0 Å². The predicted octanol–water partition coefficient (Wildman–Crippen LogP) is -0.726. The van der Waals surface area contributed by atoms with Crippen LogP contribution in [0.15, 0.2) is 15.6 Å². The van der Waals surface area contributed by atoms with Crippen molar-refractivity contribution in [2.24, 2.45) is 22.4 Å². The molecule has 0 spiro atoms. The molecule has 0 aromatic carbocycles. The summed E-state index contributed by atoms with van der Waals surface area (Å²) in [6, 6.07) is 0. The monoisotopic (exact) mass is 317 g/mol. The minimum absolute atomic E-state index is 0.0253. The van der Waals surface area contributed by atoms with Crippen LogP contribution in [0, 0.1) is 5.92 Å². The maximum Gasteiger partial charge on any atom is 0.355 e. The number of esters is 1. The van der Waals surface area contributed by atoms with Crippen LogP contribution in [0.1, 0.15) is 13.3 Å². The van der Waals surface area contributed by atoms with Crippen molar-refractivity contribution in [2.75, 3.05) is 12.3 Å². The number of hydrogen-bond donors (Lipinski definition) is 4. The van der Waals surface area contributed by atoms with Crippen molar-refractivity contribution in [3.05, 3.63) is 10.6 Å². The van der Waals surface area contributed by atoms with Crippen LogP contribution in [-0.4, -0.2) is 53.0 Å². The van der Waals surface area contributed by atoms with Gasteiger partial charge < -0.3 is 26.4 Å². The molecule has 6 N–H and O–H groups in total. The van der Waals surface area contributed by atoms with E-state index in [1.807, 2.05) is 0 Å². The number of carboxylic acids is 1. The lowest BCUT2D eigenvalue weighted by Gasteiger charge is -2.30. The molecule has 3 atom stereocenters. The molecule has 118 valence electrons. The maximum absolute atomic E-state index is 11.7. The van der Waals surface area contributed by atoms with Gasteiger partial charge in [-0.3, -0.25) is 9.79 Å². The quantitative estimate of drug-likeness (QED) is 0.208. The number of carbonyl (C=O) groups is 2. The number of nitrogens with zero attached hydrogens (tertiary/aromatic N) is 1. The van der Waals surface area contributed by atoms with Gasteiger partial charge in [0.2, 0.25) is 0 Å². The number of ether oxygens (including phenoxy) is 1. The van der Waals surface area contributed by atoms with Gasteiger partial charge in [-0.1, -0.05) is 0 Å². The van der Waals surface area contributed by atoms with Gasteiger partial charge in [-0.05, 0) is 6.92 Å². The molecule has 1 rings (SSSR count). The SMILES string of the molecule is CC(O)C(C(=O)O)[C@H]1CC(SCCN=CN)=C(N)C(=O)O1. The third-order valence-corrected chi connectivity index (χ3v) is 4.09. The molecule has 0 bridgehead atoms. The van der Waals surface area contributed by atoms with Gasteiger partial charge in [0.25, 0.3) is 0 Å². The molecule has 1 aliphatic heterocycles. The summed E-state index contributed by atoms with van der Waals surface area (Å²) in [4.78, 5) is 27.3. The zero-order valence-electron chi connectivity index (χ0n) is 11.6. The number of aliphatic carboxylic acids is 1. The highest BCUT2D eigenvalue weighted by Gasteiger charge is 2.39. The molecule has 0 aromatic rings. The highest BCUT2D eigenvalue weighted by molar-refractivity contribution is 8.03. The van der Waals surface area contributed by atoms with E-state index in [0.29, 0.717) is 17.2 Å². The lowest BCUT2D eigenvalue weighted by molar-refractivity contribution is -0.162. The van der Waals surface area contributed by atoms with Crippen LogP contribution in [0.5, 0.6) is 0 Å². The summed E-state index contributed by atoms with van der Waals surface area (Å²) >= 11 is 1.30. The van der Waals surface area contributed by atoms with Gasteiger partial charge in [-0.15, -0.1) is 11.8 Å². The molecule has 2 unspecified atom stereocenters. The molecule has 0 saturated heterocycles. The van der Waals surface area contributed by atoms with Gasteiger partial charge >= 0.3 is 11.9 Å².